The molecule has 1 aliphatic carbocycles. The molecule has 1 saturated carbocycles. The van der Waals surface area contributed by atoms with Crippen LogP contribution in [-0.4, -0.2) is 53.1 Å². The van der Waals surface area contributed by atoms with E-state index in [4.69, 9.17) is 10.3 Å². The molecule has 150 valence electrons. The number of carbonyl (C=O) groups excluding carboxylic acids is 2. The third-order valence-corrected chi connectivity index (χ3v) is 4.91. The fourth-order valence-electron chi connectivity index (χ4n) is 3.41. The first-order chi connectivity index (χ1) is 13.3. The van der Waals surface area contributed by atoms with Crippen molar-refractivity contribution in [2.75, 3.05) is 19.6 Å². The Morgan fingerprint density at radius 3 is 2.50 bits per heavy atom. The van der Waals surface area contributed by atoms with Gasteiger partial charge in [0.1, 0.15) is 11.6 Å². The first-order valence-electron chi connectivity index (χ1n) is 9.66. The summed E-state index contributed by atoms with van der Waals surface area (Å²) in [5, 5.41) is 3.70. The van der Waals surface area contributed by atoms with Gasteiger partial charge in [0.05, 0.1) is 6.04 Å². The molecule has 2 fully saturated rings. The number of ether oxygens (including phenoxy) is 1. The molecule has 3 rings (SSSR count). The lowest BCUT2D eigenvalue weighted by molar-refractivity contribution is -0.132. The molecule has 1 saturated heterocycles. The van der Waals surface area contributed by atoms with E-state index in [-0.39, 0.29) is 18.5 Å². The summed E-state index contributed by atoms with van der Waals surface area (Å²) in [6.45, 7) is 6.39. The summed E-state index contributed by atoms with van der Waals surface area (Å²) in [5.74, 6) is 0.261. The molecule has 1 aromatic rings. The predicted octanol–water partition coefficient (Wildman–Crippen LogP) is 3.90. The first kappa shape index (κ1) is 20.0. The van der Waals surface area contributed by atoms with E-state index < -0.39 is 17.7 Å². The van der Waals surface area contributed by atoms with Gasteiger partial charge in [-0.2, -0.15) is 0 Å². The Bertz CT molecular complexity index is 766. The number of benzene rings is 1. The molecule has 1 heterocycles. The molecule has 2 amide bonds. The summed E-state index contributed by atoms with van der Waals surface area (Å²) >= 11 is 0. The lowest BCUT2D eigenvalue weighted by atomic mass is 10.1. The van der Waals surface area contributed by atoms with E-state index in [0.717, 1.165) is 18.4 Å². The fourth-order valence-corrected chi connectivity index (χ4v) is 3.41. The Labute approximate surface area is 165 Å². The molecule has 2 aliphatic rings. The quantitative estimate of drug-likeness (QED) is 0.446. The van der Waals surface area contributed by atoms with Crippen molar-refractivity contribution < 1.29 is 14.3 Å². The minimum Gasteiger partial charge on any atom is -0.444 e. The van der Waals surface area contributed by atoms with E-state index in [9.17, 15) is 9.59 Å². The fraction of sp³-hybridized carbons (Fsp3) is 0.600. The average Bonchev–Trinajstić information content (AvgIpc) is 3.46. The second kappa shape index (κ2) is 8.10. The minimum atomic E-state index is -0.954. The minimum absolute atomic E-state index is 0.00145. The van der Waals surface area contributed by atoms with Crippen molar-refractivity contribution in [1.82, 2.24) is 9.80 Å². The summed E-state index contributed by atoms with van der Waals surface area (Å²) in [5.41, 5.74) is 9.21. The molecule has 0 bridgehead atoms. The van der Waals surface area contributed by atoms with Crippen molar-refractivity contribution in [3.8, 4) is 0 Å². The second-order valence-corrected chi connectivity index (χ2v) is 8.47. The van der Waals surface area contributed by atoms with Crippen LogP contribution in [0.2, 0.25) is 0 Å². The molecule has 0 aromatic heterocycles. The van der Waals surface area contributed by atoms with Crippen molar-refractivity contribution >= 4 is 12.0 Å². The predicted molar refractivity (Wildman–Crippen MR) is 104 cm³/mol. The molecule has 1 aromatic carbocycles. The van der Waals surface area contributed by atoms with E-state index in [0.29, 0.717) is 19.0 Å². The van der Waals surface area contributed by atoms with Gasteiger partial charge in [-0.15, -0.1) is 0 Å². The summed E-state index contributed by atoms with van der Waals surface area (Å²) in [6, 6.07) is 8.29. The highest BCUT2D eigenvalue weighted by atomic mass is 16.6. The summed E-state index contributed by atoms with van der Waals surface area (Å²) in [6.07, 6.45) is 1.68. The monoisotopic (exact) mass is 385 g/mol. The van der Waals surface area contributed by atoms with Crippen LogP contribution in [-0.2, 0) is 9.53 Å². The Morgan fingerprint density at radius 1 is 1.25 bits per heavy atom. The van der Waals surface area contributed by atoms with E-state index in [1.165, 1.54) is 4.90 Å². The van der Waals surface area contributed by atoms with Crippen LogP contribution >= 0.6 is 0 Å². The largest absolute Gasteiger partial charge is 0.444 e. The molecule has 1 aliphatic heterocycles. The number of rotatable bonds is 4. The van der Waals surface area contributed by atoms with Crippen molar-refractivity contribution in [3.63, 3.8) is 0 Å². The number of nitrogens with zero attached hydrogens (tertiary/aromatic N) is 5. The first-order valence-corrected chi connectivity index (χ1v) is 9.66. The van der Waals surface area contributed by atoms with Crippen LogP contribution in [0.3, 0.4) is 0 Å². The van der Waals surface area contributed by atoms with Gasteiger partial charge in [0.2, 0.25) is 5.91 Å². The Morgan fingerprint density at radius 2 is 1.93 bits per heavy atom. The standard InChI is InChI=1S/C20H27N5O3/c1-20(2,3)28-19(27)25-12-16(22-23-21)18(26)24(11-14-9-10-14)13-17(25)15-7-5-4-6-8-15/h4-8,14,16-17H,9-13H2,1-3H3. The molecule has 0 N–H and O–H groups in total. The molecule has 2 atom stereocenters. The van der Waals surface area contributed by atoms with Gasteiger partial charge in [-0.25, -0.2) is 4.79 Å². The Kier molecular flexibility index (Phi) is 5.79. The van der Waals surface area contributed by atoms with Crippen molar-refractivity contribution in [2.24, 2.45) is 11.0 Å². The maximum absolute atomic E-state index is 13.0. The maximum atomic E-state index is 13.0. The molecular weight excluding hydrogens is 358 g/mol. The zero-order valence-electron chi connectivity index (χ0n) is 16.6. The molecule has 2 unspecified atom stereocenters. The normalized spacial score (nSPS) is 23.0. The summed E-state index contributed by atoms with van der Waals surface area (Å²) in [7, 11) is 0. The van der Waals surface area contributed by atoms with Crippen molar-refractivity contribution in [3.05, 3.63) is 46.3 Å². The van der Waals surface area contributed by atoms with Crippen LogP contribution in [0.25, 0.3) is 10.4 Å². The molecular formula is C20H27N5O3. The summed E-state index contributed by atoms with van der Waals surface area (Å²) < 4.78 is 5.60. The van der Waals surface area contributed by atoms with Gasteiger partial charge in [0, 0.05) is 24.5 Å². The second-order valence-electron chi connectivity index (χ2n) is 8.47. The van der Waals surface area contributed by atoms with E-state index in [1.807, 2.05) is 30.3 Å². The van der Waals surface area contributed by atoms with Gasteiger partial charge in [0.25, 0.3) is 0 Å². The van der Waals surface area contributed by atoms with Crippen molar-refractivity contribution in [1.29, 1.82) is 0 Å². The molecule has 8 nitrogen and oxygen atoms in total. The number of azide groups is 1. The van der Waals surface area contributed by atoms with Gasteiger partial charge in [-0.1, -0.05) is 35.4 Å². The smallest absolute Gasteiger partial charge is 0.410 e. The van der Waals surface area contributed by atoms with Gasteiger partial charge in [-0.05, 0) is 50.6 Å². The maximum Gasteiger partial charge on any atom is 0.410 e. The van der Waals surface area contributed by atoms with Crippen LogP contribution in [0.15, 0.2) is 35.4 Å². The molecule has 28 heavy (non-hydrogen) atoms. The van der Waals surface area contributed by atoms with Gasteiger partial charge in [-0.3, -0.25) is 9.69 Å². The Hall–Kier alpha value is -2.73. The number of hydrogen-bond donors (Lipinski definition) is 0. The van der Waals surface area contributed by atoms with Gasteiger partial charge in [0.15, 0.2) is 0 Å². The number of hydrogen-bond acceptors (Lipinski definition) is 4. The Balaban J connectivity index is 1.98. The van der Waals surface area contributed by atoms with E-state index in [2.05, 4.69) is 10.0 Å². The van der Waals surface area contributed by atoms with Crippen LogP contribution in [0, 0.1) is 5.92 Å². The third-order valence-electron chi connectivity index (χ3n) is 4.91. The SMILES string of the molecule is CC(C)(C)OC(=O)N1CC(N=[N+]=[N-])C(=O)N(CC2CC2)CC1c1ccccc1. The average molecular weight is 385 g/mol. The number of carbonyl (C=O) groups is 2. The van der Waals surface area contributed by atoms with Crippen LogP contribution in [0.4, 0.5) is 4.79 Å². The van der Waals surface area contributed by atoms with Crippen LogP contribution in [0.1, 0.15) is 45.2 Å². The van der Waals surface area contributed by atoms with E-state index in [1.54, 1.807) is 25.7 Å². The lowest BCUT2D eigenvalue weighted by Gasteiger charge is -2.33. The highest BCUT2D eigenvalue weighted by Crippen LogP contribution is 2.33. The highest BCUT2D eigenvalue weighted by Gasteiger charge is 2.41. The zero-order valence-corrected chi connectivity index (χ0v) is 16.6. The van der Waals surface area contributed by atoms with Gasteiger partial charge < -0.3 is 9.64 Å². The van der Waals surface area contributed by atoms with E-state index >= 15 is 0 Å². The van der Waals surface area contributed by atoms with Gasteiger partial charge >= 0.3 is 6.09 Å². The van der Waals surface area contributed by atoms with Crippen molar-refractivity contribution in [2.45, 2.75) is 51.3 Å². The summed E-state index contributed by atoms with van der Waals surface area (Å²) in [4.78, 5) is 32.1. The number of amides is 2. The van der Waals surface area contributed by atoms with Crippen LogP contribution < -0.4 is 0 Å². The van der Waals surface area contributed by atoms with Crippen LogP contribution in [0.5, 0.6) is 0 Å². The zero-order chi connectivity index (χ0) is 20.3. The molecule has 0 spiro atoms. The topological polar surface area (TPSA) is 98.6 Å². The lowest BCUT2D eigenvalue weighted by Crippen LogP contribution is -2.43. The molecule has 8 heteroatoms. The highest BCUT2D eigenvalue weighted by molar-refractivity contribution is 5.84. The molecule has 0 radical (unpaired) electrons. The third kappa shape index (κ3) is 4.95.